The van der Waals surface area contributed by atoms with Gasteiger partial charge in [0.1, 0.15) is 18.4 Å². The molecule has 37 heavy (non-hydrogen) atoms. The first kappa shape index (κ1) is 28.4. The van der Waals surface area contributed by atoms with Gasteiger partial charge in [-0.3, -0.25) is 13.9 Å². The normalized spacial score (nSPS) is 12.0. The maximum atomic E-state index is 13.7. The molecule has 0 aliphatic rings. The lowest BCUT2D eigenvalue weighted by Crippen LogP contribution is -2.51. The molecule has 11 heteroatoms. The first-order valence-corrected chi connectivity index (χ1v) is 13.6. The van der Waals surface area contributed by atoms with E-state index in [-0.39, 0.29) is 27.2 Å². The van der Waals surface area contributed by atoms with Crippen LogP contribution in [0.4, 0.5) is 10.1 Å². The molecule has 1 atom stereocenters. The number of likely N-dealkylation sites (N-methyl/N-ethyl adjacent to an activating group) is 1. The van der Waals surface area contributed by atoms with Crippen LogP contribution in [-0.2, 0) is 26.2 Å². The minimum Gasteiger partial charge on any atom is -0.355 e. The summed E-state index contributed by atoms with van der Waals surface area (Å²) in [6.45, 7) is 2.97. The molecule has 3 aromatic rings. The number of nitrogens with one attached hydrogen (secondary N) is 1. The summed E-state index contributed by atoms with van der Waals surface area (Å²) in [7, 11) is -4.21. The molecule has 0 heterocycles. The van der Waals surface area contributed by atoms with Gasteiger partial charge in [-0.25, -0.2) is 12.8 Å². The predicted molar refractivity (Wildman–Crippen MR) is 143 cm³/mol. The Morgan fingerprint density at radius 2 is 1.62 bits per heavy atom. The number of sulfonamides is 1. The fourth-order valence-electron chi connectivity index (χ4n) is 3.58. The monoisotopic (exact) mass is 565 g/mol. The zero-order chi connectivity index (χ0) is 27.2. The van der Waals surface area contributed by atoms with Crippen molar-refractivity contribution in [2.45, 2.75) is 31.3 Å². The maximum absolute atomic E-state index is 13.7. The number of rotatable bonds is 10. The maximum Gasteiger partial charge on any atom is 0.264 e. The van der Waals surface area contributed by atoms with Crippen LogP contribution in [0.3, 0.4) is 0 Å². The van der Waals surface area contributed by atoms with Gasteiger partial charge in [-0.1, -0.05) is 53.5 Å². The van der Waals surface area contributed by atoms with Crippen LogP contribution >= 0.6 is 23.2 Å². The molecular formula is C26H26Cl2FN3O4S. The Balaban J connectivity index is 2.03. The lowest BCUT2D eigenvalue weighted by Gasteiger charge is -2.32. The van der Waals surface area contributed by atoms with Crippen LogP contribution in [0, 0.1) is 5.82 Å². The molecule has 7 nitrogen and oxygen atoms in total. The lowest BCUT2D eigenvalue weighted by molar-refractivity contribution is -0.139. The predicted octanol–water partition coefficient (Wildman–Crippen LogP) is 4.88. The van der Waals surface area contributed by atoms with Gasteiger partial charge in [0.05, 0.1) is 20.6 Å². The van der Waals surface area contributed by atoms with Crippen molar-refractivity contribution in [1.29, 1.82) is 0 Å². The van der Waals surface area contributed by atoms with E-state index in [0.29, 0.717) is 12.1 Å². The van der Waals surface area contributed by atoms with E-state index in [1.807, 2.05) is 0 Å². The van der Waals surface area contributed by atoms with Crippen LogP contribution in [0.2, 0.25) is 10.0 Å². The van der Waals surface area contributed by atoms with Crippen molar-refractivity contribution < 1.29 is 22.4 Å². The van der Waals surface area contributed by atoms with E-state index in [9.17, 15) is 22.4 Å². The topological polar surface area (TPSA) is 86.8 Å². The lowest BCUT2D eigenvalue weighted by atomic mass is 10.1. The summed E-state index contributed by atoms with van der Waals surface area (Å²) in [5.41, 5.74) is 0.692. The molecule has 0 fully saturated rings. The highest BCUT2D eigenvalue weighted by molar-refractivity contribution is 7.92. The van der Waals surface area contributed by atoms with E-state index < -0.39 is 40.2 Å². The molecule has 0 aromatic heterocycles. The quantitative estimate of drug-likeness (QED) is 0.379. The van der Waals surface area contributed by atoms with Gasteiger partial charge in [0.15, 0.2) is 0 Å². The highest BCUT2D eigenvalue weighted by Gasteiger charge is 2.32. The number of carbonyl (C=O) groups is 2. The first-order valence-electron chi connectivity index (χ1n) is 11.4. The van der Waals surface area contributed by atoms with Gasteiger partial charge in [-0.05, 0) is 61.9 Å². The van der Waals surface area contributed by atoms with E-state index in [1.165, 1.54) is 59.5 Å². The molecule has 0 aliphatic heterocycles. The number of amides is 2. The van der Waals surface area contributed by atoms with Crippen LogP contribution in [0.1, 0.15) is 19.4 Å². The van der Waals surface area contributed by atoms with Gasteiger partial charge in [-0.2, -0.15) is 0 Å². The molecule has 0 aliphatic carbocycles. The summed E-state index contributed by atoms with van der Waals surface area (Å²) in [4.78, 5) is 27.6. The number of halogens is 3. The third-order valence-electron chi connectivity index (χ3n) is 5.59. The van der Waals surface area contributed by atoms with E-state index in [4.69, 9.17) is 23.2 Å². The van der Waals surface area contributed by atoms with Crippen molar-refractivity contribution >= 4 is 50.7 Å². The van der Waals surface area contributed by atoms with Gasteiger partial charge >= 0.3 is 0 Å². The SMILES string of the molecule is CCNC(=O)C(C)N(Cc1ccc(F)cc1)C(=O)CN(c1ccc(Cl)c(Cl)c1)S(=O)(=O)c1ccccc1. The van der Waals surface area contributed by atoms with Crippen molar-refractivity contribution in [2.75, 3.05) is 17.4 Å². The summed E-state index contributed by atoms with van der Waals surface area (Å²) in [5.74, 6) is -1.50. The van der Waals surface area contributed by atoms with Crippen molar-refractivity contribution in [3.8, 4) is 0 Å². The van der Waals surface area contributed by atoms with Crippen LogP contribution < -0.4 is 9.62 Å². The molecule has 196 valence electrons. The molecule has 3 rings (SSSR count). The third kappa shape index (κ3) is 7.00. The molecule has 0 radical (unpaired) electrons. The minimum absolute atomic E-state index is 0.0317. The van der Waals surface area contributed by atoms with E-state index in [2.05, 4.69) is 5.32 Å². The van der Waals surface area contributed by atoms with Crippen LogP contribution in [-0.4, -0.2) is 44.3 Å². The molecule has 0 spiro atoms. The summed E-state index contributed by atoms with van der Waals surface area (Å²) in [6.07, 6.45) is 0. The van der Waals surface area contributed by atoms with E-state index >= 15 is 0 Å². The van der Waals surface area contributed by atoms with Crippen molar-refractivity contribution in [3.05, 3.63) is 94.2 Å². The molecule has 2 amide bonds. The van der Waals surface area contributed by atoms with E-state index in [1.54, 1.807) is 32.0 Å². The van der Waals surface area contributed by atoms with Gasteiger partial charge < -0.3 is 10.2 Å². The average Bonchev–Trinajstić information content (AvgIpc) is 2.88. The van der Waals surface area contributed by atoms with Gasteiger partial charge in [-0.15, -0.1) is 0 Å². The number of carbonyl (C=O) groups excluding carboxylic acids is 2. The molecule has 0 saturated carbocycles. The van der Waals surface area contributed by atoms with Crippen LogP contribution in [0.15, 0.2) is 77.7 Å². The van der Waals surface area contributed by atoms with Gasteiger partial charge in [0.25, 0.3) is 10.0 Å². The Hall–Kier alpha value is -3.14. The van der Waals surface area contributed by atoms with Crippen molar-refractivity contribution in [1.82, 2.24) is 10.2 Å². The van der Waals surface area contributed by atoms with Gasteiger partial charge in [0.2, 0.25) is 11.8 Å². The molecule has 0 saturated heterocycles. The Morgan fingerprint density at radius 3 is 2.22 bits per heavy atom. The number of hydrogen-bond acceptors (Lipinski definition) is 4. The third-order valence-corrected chi connectivity index (χ3v) is 8.11. The van der Waals surface area contributed by atoms with Crippen LogP contribution in [0.25, 0.3) is 0 Å². The first-order chi connectivity index (χ1) is 17.5. The minimum atomic E-state index is -4.21. The van der Waals surface area contributed by atoms with E-state index in [0.717, 1.165) is 4.31 Å². The molecule has 0 bridgehead atoms. The summed E-state index contributed by atoms with van der Waals surface area (Å²) < 4.78 is 41.7. The number of benzene rings is 3. The summed E-state index contributed by atoms with van der Waals surface area (Å²) in [6, 6.07) is 16.4. The Kier molecular flexibility index (Phi) is 9.53. The zero-order valence-corrected chi connectivity index (χ0v) is 22.5. The fraction of sp³-hybridized carbons (Fsp3) is 0.231. The average molecular weight is 566 g/mol. The number of hydrogen-bond donors (Lipinski definition) is 1. The number of nitrogens with zero attached hydrogens (tertiary/aromatic N) is 2. The molecular weight excluding hydrogens is 540 g/mol. The Bertz CT molecular complexity index is 1360. The van der Waals surface area contributed by atoms with Gasteiger partial charge in [0, 0.05) is 13.1 Å². The highest BCUT2D eigenvalue weighted by atomic mass is 35.5. The largest absolute Gasteiger partial charge is 0.355 e. The zero-order valence-electron chi connectivity index (χ0n) is 20.2. The summed E-state index contributed by atoms with van der Waals surface area (Å²) in [5, 5.41) is 3.00. The second kappa shape index (κ2) is 12.4. The highest BCUT2D eigenvalue weighted by Crippen LogP contribution is 2.30. The second-order valence-corrected chi connectivity index (χ2v) is 10.8. The smallest absolute Gasteiger partial charge is 0.264 e. The van der Waals surface area contributed by atoms with Crippen molar-refractivity contribution in [3.63, 3.8) is 0 Å². The Morgan fingerprint density at radius 1 is 0.973 bits per heavy atom. The second-order valence-electron chi connectivity index (χ2n) is 8.14. The number of anilines is 1. The molecule has 1 N–H and O–H groups in total. The standard InChI is InChI=1S/C26H26Cl2FN3O4S/c1-3-30-26(34)18(2)31(16-19-9-11-20(29)12-10-19)25(33)17-32(21-13-14-23(27)24(28)15-21)37(35,36)22-7-5-4-6-8-22/h4-15,18H,3,16-17H2,1-2H3,(H,30,34). The van der Waals surface area contributed by atoms with Crippen molar-refractivity contribution in [2.24, 2.45) is 0 Å². The Labute approximate surface area is 225 Å². The van der Waals surface area contributed by atoms with Crippen LogP contribution in [0.5, 0.6) is 0 Å². The molecule has 3 aromatic carbocycles. The summed E-state index contributed by atoms with van der Waals surface area (Å²) >= 11 is 12.2. The fourth-order valence-corrected chi connectivity index (χ4v) is 5.30. The molecule has 1 unspecified atom stereocenters.